The van der Waals surface area contributed by atoms with E-state index in [2.05, 4.69) is 58.9 Å². The number of amides is 1. The van der Waals surface area contributed by atoms with Crippen molar-refractivity contribution in [2.24, 2.45) is 5.92 Å². The maximum atomic E-state index is 12.9. The van der Waals surface area contributed by atoms with Crippen molar-refractivity contribution in [2.45, 2.75) is 51.0 Å². The normalized spacial score (nSPS) is 19.0. The Morgan fingerprint density at radius 3 is 2.71 bits per heavy atom. The molecule has 2 aromatic heterocycles. The number of anilines is 3. The zero-order valence-corrected chi connectivity index (χ0v) is 21.0. The lowest BCUT2D eigenvalue weighted by Crippen LogP contribution is -2.45. The van der Waals surface area contributed by atoms with Crippen molar-refractivity contribution in [3.8, 4) is 0 Å². The smallest absolute Gasteiger partial charge is 0.249 e. The summed E-state index contributed by atoms with van der Waals surface area (Å²) in [6.45, 7) is 5.07. The number of carbonyl (C=O) groups is 1. The quantitative estimate of drug-likeness (QED) is 0.417. The van der Waals surface area contributed by atoms with E-state index in [0.29, 0.717) is 37.3 Å². The van der Waals surface area contributed by atoms with Gasteiger partial charge in [-0.15, -0.1) is 0 Å². The van der Waals surface area contributed by atoms with Crippen LogP contribution < -0.4 is 16.0 Å². The van der Waals surface area contributed by atoms with Crippen molar-refractivity contribution in [2.75, 3.05) is 43.9 Å². The number of nitrogens with zero attached hydrogens (tertiary/aromatic N) is 5. The molecule has 34 heavy (non-hydrogen) atoms. The van der Waals surface area contributed by atoms with Crippen molar-refractivity contribution in [3.05, 3.63) is 22.6 Å². The average molecular weight is 541 g/mol. The van der Waals surface area contributed by atoms with Crippen LogP contribution in [0.25, 0.3) is 0 Å². The number of hydrogen-bond acceptors (Lipinski definition) is 7. The van der Waals surface area contributed by atoms with Gasteiger partial charge in [0.05, 0.1) is 21.9 Å². The number of halogens is 3. The van der Waals surface area contributed by atoms with Crippen molar-refractivity contribution >= 4 is 39.3 Å². The lowest BCUT2D eigenvalue weighted by molar-refractivity contribution is -0.150. The molecular weight excluding hydrogens is 510 g/mol. The first-order chi connectivity index (χ1) is 16.2. The van der Waals surface area contributed by atoms with Gasteiger partial charge in [-0.05, 0) is 62.3 Å². The molecule has 3 N–H and O–H groups in total. The minimum absolute atomic E-state index is 0.295. The van der Waals surface area contributed by atoms with Crippen LogP contribution in [0.4, 0.5) is 26.2 Å². The lowest BCUT2D eigenvalue weighted by atomic mass is 9.81. The monoisotopic (exact) mass is 540 g/mol. The number of carbonyl (C=O) groups excluding carboxylic acids is 1. The van der Waals surface area contributed by atoms with E-state index in [9.17, 15) is 13.6 Å². The summed E-state index contributed by atoms with van der Waals surface area (Å²) in [5, 5.41) is 13.9. The first kappa shape index (κ1) is 24.8. The minimum atomic E-state index is -2.68. The van der Waals surface area contributed by atoms with E-state index in [4.69, 9.17) is 0 Å². The third kappa shape index (κ3) is 6.21. The van der Waals surface area contributed by atoms with E-state index in [1.807, 2.05) is 17.8 Å². The number of piperidine rings is 1. The first-order valence-electron chi connectivity index (χ1n) is 11.6. The molecule has 0 atom stereocenters. The van der Waals surface area contributed by atoms with Crippen LogP contribution in [0.1, 0.15) is 43.8 Å². The molecule has 0 bridgehead atoms. The van der Waals surface area contributed by atoms with Crippen LogP contribution in [0.15, 0.2) is 16.9 Å². The van der Waals surface area contributed by atoms with Crippen LogP contribution in [0.5, 0.6) is 0 Å². The first-order valence-corrected chi connectivity index (χ1v) is 12.4. The van der Waals surface area contributed by atoms with Gasteiger partial charge in [-0.25, -0.2) is 13.8 Å². The summed E-state index contributed by atoms with van der Waals surface area (Å²) < 4.78 is 28.5. The molecule has 2 aromatic rings. The number of likely N-dealkylation sites (tertiary alicyclic amines) is 1. The standard InChI is InChI=1S/C22H31BrF2N8O/c1-14-18(13-33(31-14)16-4-8-32(2)9-5-16)29-21-28-12-17(23)19(30-21)26-6-3-7-27-20(34)15-10-22(24,25)11-15/h12-13,15-16H,3-11H2,1-2H3,(H,27,34)(H2,26,28,29,30). The second kappa shape index (κ2) is 10.5. The predicted molar refractivity (Wildman–Crippen MR) is 130 cm³/mol. The molecule has 0 spiro atoms. The molecule has 3 heterocycles. The highest BCUT2D eigenvalue weighted by Gasteiger charge is 2.48. The molecule has 1 amide bonds. The largest absolute Gasteiger partial charge is 0.369 e. The number of nitrogens with one attached hydrogen (secondary N) is 3. The summed E-state index contributed by atoms with van der Waals surface area (Å²) in [5.41, 5.74) is 1.76. The van der Waals surface area contributed by atoms with Gasteiger partial charge >= 0.3 is 0 Å². The molecule has 1 aliphatic heterocycles. The molecule has 2 fully saturated rings. The Hall–Kier alpha value is -2.34. The zero-order chi connectivity index (χ0) is 24.3. The fraction of sp³-hybridized carbons (Fsp3) is 0.636. The van der Waals surface area contributed by atoms with Crippen LogP contribution in [-0.2, 0) is 4.79 Å². The summed E-state index contributed by atoms with van der Waals surface area (Å²) in [5.74, 6) is -2.46. The van der Waals surface area contributed by atoms with Crippen molar-refractivity contribution in [1.82, 2.24) is 30.0 Å². The van der Waals surface area contributed by atoms with Crippen molar-refractivity contribution in [3.63, 3.8) is 0 Å². The van der Waals surface area contributed by atoms with Gasteiger partial charge in [-0.2, -0.15) is 10.1 Å². The third-order valence-corrected chi connectivity index (χ3v) is 6.96. The Balaban J connectivity index is 1.26. The SMILES string of the molecule is Cc1nn(C2CCN(C)CC2)cc1Nc1ncc(Br)c(NCCCNC(=O)C2CC(F)(F)C2)n1. The number of aromatic nitrogens is 4. The molecule has 2 aliphatic rings. The summed E-state index contributed by atoms with van der Waals surface area (Å²) in [6, 6.07) is 0.398. The van der Waals surface area contributed by atoms with Gasteiger partial charge in [-0.3, -0.25) is 9.48 Å². The van der Waals surface area contributed by atoms with Gasteiger partial charge in [0.2, 0.25) is 17.8 Å². The maximum Gasteiger partial charge on any atom is 0.249 e. The van der Waals surface area contributed by atoms with Gasteiger partial charge < -0.3 is 20.9 Å². The molecule has 1 aliphatic carbocycles. The van der Waals surface area contributed by atoms with E-state index in [-0.39, 0.29) is 18.7 Å². The Kier molecular flexibility index (Phi) is 7.66. The van der Waals surface area contributed by atoms with Gasteiger partial charge in [-0.1, -0.05) is 0 Å². The number of rotatable bonds is 9. The Labute approximate surface area is 206 Å². The third-order valence-electron chi connectivity index (χ3n) is 6.38. The highest BCUT2D eigenvalue weighted by molar-refractivity contribution is 9.10. The summed E-state index contributed by atoms with van der Waals surface area (Å²) >= 11 is 3.45. The second-order valence-electron chi connectivity index (χ2n) is 9.19. The number of aryl methyl sites for hydroxylation is 1. The van der Waals surface area contributed by atoms with E-state index >= 15 is 0 Å². The van der Waals surface area contributed by atoms with Gasteiger partial charge in [0.25, 0.3) is 0 Å². The van der Waals surface area contributed by atoms with Crippen LogP contribution in [-0.4, -0.2) is 69.7 Å². The van der Waals surface area contributed by atoms with Crippen molar-refractivity contribution in [1.29, 1.82) is 0 Å². The number of hydrogen-bond donors (Lipinski definition) is 3. The molecule has 0 radical (unpaired) electrons. The van der Waals surface area contributed by atoms with Crippen LogP contribution >= 0.6 is 15.9 Å². The summed E-state index contributed by atoms with van der Waals surface area (Å²) in [4.78, 5) is 23.1. The molecule has 0 aromatic carbocycles. The van der Waals surface area contributed by atoms with E-state index in [0.717, 1.165) is 41.8 Å². The predicted octanol–water partition coefficient (Wildman–Crippen LogP) is 3.72. The van der Waals surface area contributed by atoms with E-state index in [1.54, 1.807) is 6.20 Å². The highest BCUT2D eigenvalue weighted by Crippen LogP contribution is 2.42. The van der Waals surface area contributed by atoms with Crippen LogP contribution in [0.3, 0.4) is 0 Å². The van der Waals surface area contributed by atoms with E-state index < -0.39 is 11.8 Å². The Morgan fingerprint density at radius 1 is 1.26 bits per heavy atom. The molecular formula is C22H31BrF2N8O. The molecule has 1 saturated carbocycles. The Morgan fingerprint density at radius 2 is 2.00 bits per heavy atom. The van der Waals surface area contributed by atoms with Crippen LogP contribution in [0.2, 0.25) is 0 Å². The van der Waals surface area contributed by atoms with E-state index in [1.165, 1.54) is 0 Å². The molecule has 1 saturated heterocycles. The Bertz CT molecular complexity index is 1000. The lowest BCUT2D eigenvalue weighted by Gasteiger charge is -2.33. The van der Waals surface area contributed by atoms with Crippen molar-refractivity contribution < 1.29 is 13.6 Å². The maximum absolute atomic E-state index is 12.9. The minimum Gasteiger partial charge on any atom is -0.369 e. The fourth-order valence-electron chi connectivity index (χ4n) is 4.22. The number of alkyl halides is 2. The van der Waals surface area contributed by atoms with Gasteiger partial charge in [0.15, 0.2) is 0 Å². The molecule has 12 heteroatoms. The topological polar surface area (TPSA) is 100 Å². The highest BCUT2D eigenvalue weighted by atomic mass is 79.9. The zero-order valence-electron chi connectivity index (χ0n) is 19.5. The summed E-state index contributed by atoms with van der Waals surface area (Å²) in [6.07, 6.45) is 5.78. The summed E-state index contributed by atoms with van der Waals surface area (Å²) in [7, 11) is 2.14. The molecule has 4 rings (SSSR count). The fourth-order valence-corrected chi connectivity index (χ4v) is 4.55. The molecule has 186 valence electrons. The van der Waals surface area contributed by atoms with Gasteiger partial charge in [0, 0.05) is 44.2 Å². The van der Waals surface area contributed by atoms with Gasteiger partial charge in [0.1, 0.15) is 5.82 Å². The van der Waals surface area contributed by atoms with Crippen LogP contribution in [0, 0.1) is 12.8 Å². The average Bonchev–Trinajstić information content (AvgIpc) is 3.14. The molecule has 0 unspecified atom stereocenters. The second-order valence-corrected chi connectivity index (χ2v) is 10.0. The molecule has 9 nitrogen and oxygen atoms in total.